The molecule has 2 rings (SSSR count). The van der Waals surface area contributed by atoms with E-state index in [9.17, 15) is 19.0 Å². The van der Waals surface area contributed by atoms with Crippen LogP contribution in [0.2, 0.25) is 0 Å². The van der Waals surface area contributed by atoms with Crippen LogP contribution in [0.4, 0.5) is 0 Å². The molecule has 1 unspecified atom stereocenters. The van der Waals surface area contributed by atoms with Crippen molar-refractivity contribution >= 4 is 31.6 Å². The fourth-order valence-corrected chi connectivity index (χ4v) is 2.98. The molecular weight excluding hydrogens is 279 g/mol. The van der Waals surface area contributed by atoms with E-state index in [0.29, 0.717) is 10.9 Å². The van der Waals surface area contributed by atoms with Crippen LogP contribution in [0.5, 0.6) is 0 Å². The van der Waals surface area contributed by atoms with Crippen molar-refractivity contribution in [2.24, 2.45) is 0 Å². The highest BCUT2D eigenvalue weighted by atomic mass is 31.1. The molecule has 0 spiro atoms. The van der Waals surface area contributed by atoms with Gasteiger partial charge < -0.3 is 15.5 Å². The molecule has 0 aromatic heterocycles. The molecule has 2 aromatic carbocycles. The molecule has 0 saturated heterocycles. The second-order valence-corrected chi connectivity index (χ2v) is 5.47. The summed E-state index contributed by atoms with van der Waals surface area (Å²) in [5, 5.41) is 4.22. The Morgan fingerprint density at radius 3 is 2.20 bits per heavy atom. The summed E-state index contributed by atoms with van der Waals surface area (Å²) < 4.78 is 11.8. The van der Waals surface area contributed by atoms with Crippen molar-refractivity contribution < 1.29 is 19.0 Å². The standard InChI is InChI=1S/C13H13N2O4P/c16-8-14-13(15-9-17,20(18)19)12-7-3-5-10-4-1-2-6-11(10)12/h1-9,20H,(H,14,16)(H,15,17)(H,18,19). The van der Waals surface area contributed by atoms with Crippen LogP contribution in [0.3, 0.4) is 0 Å². The summed E-state index contributed by atoms with van der Waals surface area (Å²) in [4.78, 5) is 31.3. The van der Waals surface area contributed by atoms with Gasteiger partial charge in [-0.15, -0.1) is 0 Å². The van der Waals surface area contributed by atoms with Gasteiger partial charge in [0.2, 0.25) is 26.3 Å². The molecule has 0 radical (unpaired) electrons. The van der Waals surface area contributed by atoms with Crippen LogP contribution in [0.25, 0.3) is 10.8 Å². The molecule has 0 saturated carbocycles. The van der Waals surface area contributed by atoms with Gasteiger partial charge in [-0.05, 0) is 10.8 Å². The molecular formula is C13H13N2O4P. The lowest BCUT2D eigenvalue weighted by atomic mass is 10.0. The van der Waals surface area contributed by atoms with E-state index in [2.05, 4.69) is 10.6 Å². The molecule has 0 aliphatic rings. The van der Waals surface area contributed by atoms with Gasteiger partial charge in [0, 0.05) is 5.56 Å². The van der Waals surface area contributed by atoms with E-state index in [1.165, 1.54) is 0 Å². The van der Waals surface area contributed by atoms with Crippen LogP contribution in [-0.4, -0.2) is 17.7 Å². The topological polar surface area (TPSA) is 95.5 Å². The number of rotatable bonds is 6. The average Bonchev–Trinajstić information content (AvgIpc) is 2.46. The molecule has 2 amide bonds. The van der Waals surface area contributed by atoms with Crippen LogP contribution in [0.1, 0.15) is 5.56 Å². The zero-order valence-corrected chi connectivity index (χ0v) is 11.4. The molecule has 0 aliphatic carbocycles. The summed E-state index contributed by atoms with van der Waals surface area (Å²) in [6.07, 6.45) is 0.578. The summed E-state index contributed by atoms with van der Waals surface area (Å²) in [5.74, 6) is 0. The van der Waals surface area contributed by atoms with E-state index in [1.807, 2.05) is 18.2 Å². The monoisotopic (exact) mass is 292 g/mol. The Hall–Kier alpha value is -2.17. The highest BCUT2D eigenvalue weighted by molar-refractivity contribution is 7.39. The van der Waals surface area contributed by atoms with Crippen LogP contribution in [0.15, 0.2) is 42.5 Å². The molecule has 6 nitrogen and oxygen atoms in total. The third-order valence-corrected chi connectivity index (χ3v) is 4.26. The van der Waals surface area contributed by atoms with Crippen LogP contribution in [-0.2, 0) is 19.6 Å². The average molecular weight is 292 g/mol. The molecule has 104 valence electrons. The van der Waals surface area contributed by atoms with Gasteiger partial charge in [-0.3, -0.25) is 14.2 Å². The molecule has 1 atom stereocenters. The van der Waals surface area contributed by atoms with E-state index in [0.717, 1.165) is 5.39 Å². The van der Waals surface area contributed by atoms with Crippen LogP contribution in [0, 0.1) is 0 Å². The Balaban J connectivity index is 2.76. The maximum atomic E-state index is 11.8. The van der Waals surface area contributed by atoms with Gasteiger partial charge in [-0.1, -0.05) is 42.5 Å². The molecule has 20 heavy (non-hydrogen) atoms. The fourth-order valence-electron chi connectivity index (χ4n) is 2.17. The lowest BCUT2D eigenvalue weighted by Gasteiger charge is -2.31. The minimum atomic E-state index is -3.33. The van der Waals surface area contributed by atoms with E-state index in [-0.39, 0.29) is 12.8 Å². The summed E-state index contributed by atoms with van der Waals surface area (Å²) in [6, 6.07) is 12.3. The molecule has 0 aliphatic heterocycles. The number of carbonyl (C=O) groups is 2. The predicted octanol–water partition coefficient (Wildman–Crippen LogP) is 0.909. The number of hydrogen-bond acceptors (Lipinski definition) is 3. The Morgan fingerprint density at radius 1 is 1.00 bits per heavy atom. The zero-order valence-electron chi connectivity index (χ0n) is 10.4. The summed E-state index contributed by atoms with van der Waals surface area (Å²) in [5.41, 5.74) is 0.362. The number of hydrogen-bond donors (Lipinski definition) is 3. The Kier molecular flexibility index (Phi) is 4.17. The number of fused-ring (bicyclic) bond motifs is 1. The third kappa shape index (κ3) is 2.31. The van der Waals surface area contributed by atoms with Gasteiger partial charge in [-0.2, -0.15) is 0 Å². The maximum absolute atomic E-state index is 11.8. The molecule has 2 aromatic rings. The summed E-state index contributed by atoms with van der Waals surface area (Å²) >= 11 is 0. The van der Waals surface area contributed by atoms with E-state index >= 15 is 0 Å². The van der Waals surface area contributed by atoms with Crippen molar-refractivity contribution in [1.82, 2.24) is 10.6 Å². The highest BCUT2D eigenvalue weighted by Gasteiger charge is 2.38. The lowest BCUT2D eigenvalue weighted by Crippen LogP contribution is -2.50. The normalized spacial score (nSPS) is 12.7. The predicted molar refractivity (Wildman–Crippen MR) is 75.2 cm³/mol. The van der Waals surface area contributed by atoms with Crippen molar-refractivity contribution in [3.05, 3.63) is 48.0 Å². The first-order chi connectivity index (χ1) is 9.65. The highest BCUT2D eigenvalue weighted by Crippen LogP contribution is 2.41. The largest absolute Gasteiger partial charge is 0.343 e. The third-order valence-electron chi connectivity index (χ3n) is 3.07. The van der Waals surface area contributed by atoms with Crippen molar-refractivity contribution in [3.8, 4) is 0 Å². The smallest absolute Gasteiger partial charge is 0.238 e. The van der Waals surface area contributed by atoms with E-state index in [1.54, 1.807) is 24.3 Å². The van der Waals surface area contributed by atoms with Crippen LogP contribution >= 0.6 is 8.03 Å². The molecule has 0 bridgehead atoms. The molecule has 3 N–H and O–H groups in total. The number of benzene rings is 2. The van der Waals surface area contributed by atoms with Gasteiger partial charge in [0.05, 0.1) is 0 Å². The summed E-state index contributed by atoms with van der Waals surface area (Å²) in [6.45, 7) is 0. The number of nitrogens with one attached hydrogen (secondary N) is 2. The Bertz CT molecular complexity index is 659. The van der Waals surface area contributed by atoms with Crippen molar-refractivity contribution in [2.75, 3.05) is 0 Å². The first-order valence-corrected chi connectivity index (χ1v) is 7.15. The van der Waals surface area contributed by atoms with Gasteiger partial charge in [0.1, 0.15) is 0 Å². The van der Waals surface area contributed by atoms with Crippen molar-refractivity contribution in [2.45, 2.75) is 5.40 Å². The van der Waals surface area contributed by atoms with Crippen LogP contribution < -0.4 is 10.6 Å². The van der Waals surface area contributed by atoms with Gasteiger partial charge in [0.25, 0.3) is 0 Å². The second kappa shape index (κ2) is 5.86. The minimum absolute atomic E-state index is 0.289. The number of amides is 2. The van der Waals surface area contributed by atoms with Gasteiger partial charge in [0.15, 0.2) is 0 Å². The molecule has 0 fully saturated rings. The lowest BCUT2D eigenvalue weighted by molar-refractivity contribution is -0.113. The van der Waals surface area contributed by atoms with E-state index < -0.39 is 13.4 Å². The molecule has 0 heterocycles. The van der Waals surface area contributed by atoms with Crippen molar-refractivity contribution in [1.29, 1.82) is 0 Å². The van der Waals surface area contributed by atoms with Gasteiger partial charge >= 0.3 is 0 Å². The molecule has 7 heteroatoms. The summed E-state index contributed by atoms with van der Waals surface area (Å²) in [7, 11) is -3.33. The fraction of sp³-hybridized carbons (Fsp3) is 0.0769. The second-order valence-electron chi connectivity index (χ2n) is 4.11. The number of carbonyl (C=O) groups excluding carboxylic acids is 2. The Morgan fingerprint density at radius 2 is 1.60 bits per heavy atom. The van der Waals surface area contributed by atoms with Gasteiger partial charge in [-0.25, -0.2) is 0 Å². The quantitative estimate of drug-likeness (QED) is 0.419. The minimum Gasteiger partial charge on any atom is -0.343 e. The van der Waals surface area contributed by atoms with E-state index in [4.69, 9.17) is 0 Å². The zero-order chi connectivity index (χ0) is 14.6. The first-order valence-electron chi connectivity index (χ1n) is 5.80. The Labute approximate surface area is 115 Å². The maximum Gasteiger partial charge on any atom is 0.238 e. The first kappa shape index (κ1) is 14.2. The SMILES string of the molecule is O=CNC(NC=O)(c1cccc2ccccc12)[PH](=O)O. The van der Waals surface area contributed by atoms with Crippen molar-refractivity contribution in [3.63, 3.8) is 0 Å².